The van der Waals surface area contributed by atoms with Crippen LogP contribution in [0.1, 0.15) is 27.9 Å². The van der Waals surface area contributed by atoms with E-state index in [1.165, 1.54) is 19.2 Å². The Labute approximate surface area is 121 Å². The van der Waals surface area contributed by atoms with E-state index in [0.29, 0.717) is 11.5 Å². The monoisotopic (exact) mass is 293 g/mol. The number of ether oxygens (including phenoxy) is 1. The number of halogens is 1. The van der Waals surface area contributed by atoms with Gasteiger partial charge < -0.3 is 19.6 Å². The molecular weight excluding hydrogens is 277 g/mol. The third kappa shape index (κ3) is 3.61. The maximum absolute atomic E-state index is 13.7. The molecule has 6 heteroatoms. The highest BCUT2D eigenvalue weighted by atomic mass is 19.1. The number of rotatable bonds is 5. The SMILES string of the molecule is COCC(NC(=O)c1ccc(O)cc1F)c1ccc(C)o1. The van der Waals surface area contributed by atoms with E-state index in [9.17, 15) is 9.18 Å². The van der Waals surface area contributed by atoms with Crippen LogP contribution in [0.2, 0.25) is 0 Å². The van der Waals surface area contributed by atoms with Crippen molar-refractivity contribution in [1.82, 2.24) is 5.32 Å². The minimum absolute atomic E-state index is 0.155. The van der Waals surface area contributed by atoms with Gasteiger partial charge in [-0.1, -0.05) is 0 Å². The van der Waals surface area contributed by atoms with Crippen molar-refractivity contribution in [2.24, 2.45) is 0 Å². The van der Waals surface area contributed by atoms with Crippen LogP contribution in [0.25, 0.3) is 0 Å². The van der Waals surface area contributed by atoms with Crippen molar-refractivity contribution in [3.63, 3.8) is 0 Å². The largest absolute Gasteiger partial charge is 0.508 e. The number of aryl methyl sites for hydroxylation is 1. The zero-order valence-corrected chi connectivity index (χ0v) is 11.7. The van der Waals surface area contributed by atoms with Gasteiger partial charge in [0.05, 0.1) is 12.2 Å². The second kappa shape index (κ2) is 6.41. The average Bonchev–Trinajstić information content (AvgIpc) is 2.84. The minimum Gasteiger partial charge on any atom is -0.508 e. The molecule has 0 fully saturated rings. The molecule has 0 spiro atoms. The lowest BCUT2D eigenvalue weighted by atomic mass is 10.1. The lowest BCUT2D eigenvalue weighted by Crippen LogP contribution is -2.31. The molecule has 0 aliphatic heterocycles. The fourth-order valence-corrected chi connectivity index (χ4v) is 1.93. The molecule has 0 radical (unpaired) electrons. The summed E-state index contributed by atoms with van der Waals surface area (Å²) in [4.78, 5) is 12.1. The van der Waals surface area contributed by atoms with Crippen molar-refractivity contribution in [1.29, 1.82) is 0 Å². The van der Waals surface area contributed by atoms with Gasteiger partial charge >= 0.3 is 0 Å². The topological polar surface area (TPSA) is 71.7 Å². The Morgan fingerprint density at radius 2 is 2.19 bits per heavy atom. The number of methoxy groups -OCH3 is 1. The highest BCUT2D eigenvalue weighted by Crippen LogP contribution is 2.19. The van der Waals surface area contributed by atoms with Gasteiger partial charge in [0.25, 0.3) is 5.91 Å². The van der Waals surface area contributed by atoms with Gasteiger partial charge in [-0.25, -0.2) is 4.39 Å². The number of phenols is 1. The van der Waals surface area contributed by atoms with Gasteiger partial charge in [-0.2, -0.15) is 0 Å². The third-order valence-electron chi connectivity index (χ3n) is 2.94. The zero-order valence-electron chi connectivity index (χ0n) is 11.7. The number of furan rings is 1. The number of hydrogen-bond acceptors (Lipinski definition) is 4. The molecule has 2 rings (SSSR count). The summed E-state index contributed by atoms with van der Waals surface area (Å²) in [5.41, 5.74) is -0.155. The highest BCUT2D eigenvalue weighted by Gasteiger charge is 2.20. The lowest BCUT2D eigenvalue weighted by Gasteiger charge is -2.16. The number of hydrogen-bond donors (Lipinski definition) is 2. The van der Waals surface area contributed by atoms with Crippen LogP contribution < -0.4 is 5.32 Å². The van der Waals surface area contributed by atoms with Gasteiger partial charge in [-0.3, -0.25) is 4.79 Å². The van der Waals surface area contributed by atoms with Crippen molar-refractivity contribution in [2.75, 3.05) is 13.7 Å². The number of phenolic OH excluding ortho intramolecular Hbond substituents is 1. The summed E-state index contributed by atoms with van der Waals surface area (Å²) in [6, 6.07) is 6.33. The molecule has 1 atom stereocenters. The maximum atomic E-state index is 13.7. The first kappa shape index (κ1) is 15.1. The van der Waals surface area contributed by atoms with Crippen molar-refractivity contribution in [3.8, 4) is 5.75 Å². The van der Waals surface area contributed by atoms with Crippen LogP contribution in [0.4, 0.5) is 4.39 Å². The van der Waals surface area contributed by atoms with Crippen molar-refractivity contribution in [3.05, 3.63) is 53.2 Å². The summed E-state index contributed by atoms with van der Waals surface area (Å²) in [7, 11) is 1.50. The minimum atomic E-state index is -0.792. The Balaban J connectivity index is 2.18. The molecule has 5 nitrogen and oxygen atoms in total. The second-order valence-corrected chi connectivity index (χ2v) is 4.59. The standard InChI is InChI=1S/C15H16FNO4/c1-9-3-6-14(21-9)13(8-20-2)17-15(19)11-5-4-10(18)7-12(11)16/h3-7,13,18H,8H2,1-2H3,(H,17,19). The van der Waals surface area contributed by atoms with Crippen LogP contribution in [0, 0.1) is 12.7 Å². The molecule has 21 heavy (non-hydrogen) atoms. The van der Waals surface area contributed by atoms with Gasteiger partial charge in [-0.05, 0) is 31.2 Å². The predicted octanol–water partition coefficient (Wildman–Crippen LogP) is 2.55. The molecule has 0 saturated carbocycles. The quantitative estimate of drug-likeness (QED) is 0.888. The van der Waals surface area contributed by atoms with Crippen molar-refractivity contribution in [2.45, 2.75) is 13.0 Å². The molecule has 0 aliphatic carbocycles. The van der Waals surface area contributed by atoms with E-state index in [1.807, 2.05) is 0 Å². The number of carbonyl (C=O) groups excluding carboxylic acids is 1. The number of aromatic hydroxyl groups is 1. The van der Waals surface area contributed by atoms with Gasteiger partial charge in [-0.15, -0.1) is 0 Å². The average molecular weight is 293 g/mol. The van der Waals surface area contributed by atoms with Crippen molar-refractivity contribution >= 4 is 5.91 Å². The van der Waals surface area contributed by atoms with E-state index >= 15 is 0 Å². The van der Waals surface area contributed by atoms with Gasteiger partial charge in [0, 0.05) is 13.2 Å². The molecule has 1 aromatic carbocycles. The summed E-state index contributed by atoms with van der Waals surface area (Å²) in [5.74, 6) is -0.403. The molecule has 2 aromatic rings. The maximum Gasteiger partial charge on any atom is 0.254 e. The summed E-state index contributed by atoms with van der Waals surface area (Å²) in [6.07, 6.45) is 0. The molecule has 0 aliphatic rings. The molecule has 112 valence electrons. The number of carbonyl (C=O) groups is 1. The Hall–Kier alpha value is -2.34. The normalized spacial score (nSPS) is 12.1. The van der Waals surface area contributed by atoms with Crippen LogP contribution in [-0.4, -0.2) is 24.7 Å². The number of amides is 1. The first-order valence-electron chi connectivity index (χ1n) is 6.36. The van der Waals surface area contributed by atoms with E-state index in [-0.39, 0.29) is 17.9 Å². The molecule has 1 heterocycles. The van der Waals surface area contributed by atoms with Crippen LogP contribution in [0.3, 0.4) is 0 Å². The summed E-state index contributed by atoms with van der Waals surface area (Å²) in [5, 5.41) is 11.8. The van der Waals surface area contributed by atoms with Crippen LogP contribution in [0.15, 0.2) is 34.7 Å². The third-order valence-corrected chi connectivity index (χ3v) is 2.94. The zero-order chi connectivity index (χ0) is 15.4. The van der Waals surface area contributed by atoms with Gasteiger partial charge in [0.2, 0.25) is 0 Å². The fraction of sp³-hybridized carbons (Fsp3) is 0.267. The number of nitrogens with one attached hydrogen (secondary N) is 1. The Kier molecular flexibility index (Phi) is 4.59. The molecule has 1 amide bonds. The van der Waals surface area contributed by atoms with Gasteiger partial charge in [0.1, 0.15) is 29.1 Å². The predicted molar refractivity (Wildman–Crippen MR) is 73.6 cm³/mol. The molecular formula is C15H16FNO4. The van der Waals surface area contributed by atoms with Crippen LogP contribution >= 0.6 is 0 Å². The summed E-state index contributed by atoms with van der Waals surface area (Å²) < 4.78 is 24.2. The van der Waals surface area contributed by atoms with E-state index in [4.69, 9.17) is 14.3 Å². The Morgan fingerprint density at radius 3 is 2.76 bits per heavy atom. The highest BCUT2D eigenvalue weighted by molar-refractivity contribution is 5.94. The molecule has 2 N–H and O–H groups in total. The molecule has 0 saturated heterocycles. The fourth-order valence-electron chi connectivity index (χ4n) is 1.93. The second-order valence-electron chi connectivity index (χ2n) is 4.59. The van der Waals surface area contributed by atoms with Crippen molar-refractivity contribution < 1.29 is 23.4 Å². The first-order valence-corrected chi connectivity index (χ1v) is 6.36. The molecule has 0 bridgehead atoms. The van der Waals surface area contributed by atoms with Crippen LogP contribution in [0.5, 0.6) is 5.75 Å². The smallest absolute Gasteiger partial charge is 0.254 e. The lowest BCUT2D eigenvalue weighted by molar-refractivity contribution is 0.0878. The van der Waals surface area contributed by atoms with E-state index in [0.717, 1.165) is 6.07 Å². The van der Waals surface area contributed by atoms with E-state index in [2.05, 4.69) is 5.32 Å². The van der Waals surface area contributed by atoms with E-state index < -0.39 is 17.8 Å². The summed E-state index contributed by atoms with van der Waals surface area (Å²) in [6.45, 7) is 1.98. The van der Waals surface area contributed by atoms with Crippen LogP contribution in [-0.2, 0) is 4.74 Å². The molecule has 1 unspecified atom stereocenters. The van der Waals surface area contributed by atoms with E-state index in [1.54, 1.807) is 19.1 Å². The Morgan fingerprint density at radius 1 is 1.43 bits per heavy atom. The number of benzene rings is 1. The Bertz CT molecular complexity index is 638. The van der Waals surface area contributed by atoms with Gasteiger partial charge in [0.15, 0.2) is 0 Å². The molecule has 1 aromatic heterocycles. The first-order chi connectivity index (χ1) is 10.0. The summed E-state index contributed by atoms with van der Waals surface area (Å²) >= 11 is 0.